The van der Waals surface area contributed by atoms with Gasteiger partial charge in [-0.3, -0.25) is 9.80 Å². The van der Waals surface area contributed by atoms with E-state index >= 15 is 0 Å². The Morgan fingerprint density at radius 1 is 1.47 bits per heavy atom. The summed E-state index contributed by atoms with van der Waals surface area (Å²) in [4.78, 5) is 19.8. The number of nitrogen functional groups attached to an aromatic ring is 1. The number of thiophene rings is 1. The molecular weight excluding hydrogens is 404 g/mol. The summed E-state index contributed by atoms with van der Waals surface area (Å²) in [5.41, 5.74) is 17.0. The number of anilines is 2. The van der Waals surface area contributed by atoms with E-state index in [1.807, 2.05) is 24.1 Å². The summed E-state index contributed by atoms with van der Waals surface area (Å²) < 4.78 is 5.96. The van der Waals surface area contributed by atoms with Crippen LogP contribution in [0.5, 0.6) is 0 Å². The van der Waals surface area contributed by atoms with Gasteiger partial charge in [-0.15, -0.1) is 16.5 Å². The normalized spacial score (nSPS) is 19.6. The highest BCUT2D eigenvalue weighted by Crippen LogP contribution is 2.40. The standard InChI is InChI=1S/C19H28N8O2S/c1-12-8-14(15-16(20)17(18(21)28)30-19(15)23-12)26-5-3-4-13(9-26)10-29-7-6-27-11-22-24-25(27)2/h8,11,13,24H,3-7,9-10,20H2,1-2H3,(H2,21,28)/t13-/m0/s1. The van der Waals surface area contributed by atoms with E-state index in [0.29, 0.717) is 29.7 Å². The van der Waals surface area contributed by atoms with Crippen LogP contribution in [-0.4, -0.2) is 67.3 Å². The molecule has 1 amide bonds. The average molecular weight is 433 g/mol. The summed E-state index contributed by atoms with van der Waals surface area (Å²) in [6.07, 6.45) is 3.95. The third-order valence-corrected chi connectivity index (χ3v) is 6.60. The molecule has 0 aromatic carbocycles. The largest absolute Gasteiger partial charge is 0.397 e. The predicted octanol–water partition coefficient (Wildman–Crippen LogP) is 1.13. The summed E-state index contributed by atoms with van der Waals surface area (Å²) in [6, 6.07) is 2.05. The number of nitrogens with zero attached hydrogens (tertiary/aromatic N) is 5. The van der Waals surface area contributed by atoms with Crippen molar-refractivity contribution >= 4 is 45.2 Å². The molecule has 2 aromatic heterocycles. The predicted molar refractivity (Wildman–Crippen MR) is 119 cm³/mol. The van der Waals surface area contributed by atoms with E-state index in [4.69, 9.17) is 16.2 Å². The zero-order chi connectivity index (χ0) is 21.3. The number of carbonyl (C=O) groups is 1. The maximum atomic E-state index is 11.8. The minimum atomic E-state index is -0.507. The van der Waals surface area contributed by atoms with Crippen molar-refractivity contribution in [2.24, 2.45) is 16.8 Å². The molecule has 4 heterocycles. The molecule has 0 radical (unpaired) electrons. The number of piperidine rings is 1. The van der Waals surface area contributed by atoms with Gasteiger partial charge in [0, 0.05) is 25.8 Å². The first kappa shape index (κ1) is 20.6. The molecule has 4 rings (SSSR count). The van der Waals surface area contributed by atoms with Gasteiger partial charge >= 0.3 is 0 Å². The maximum Gasteiger partial charge on any atom is 0.260 e. The van der Waals surface area contributed by atoms with Crippen LogP contribution >= 0.6 is 11.3 Å². The van der Waals surface area contributed by atoms with Crippen molar-refractivity contribution in [1.82, 2.24) is 20.6 Å². The zero-order valence-corrected chi connectivity index (χ0v) is 18.1. The Bertz CT molecular complexity index is 962. The summed E-state index contributed by atoms with van der Waals surface area (Å²) in [7, 11) is 1.91. The quantitative estimate of drug-likeness (QED) is 0.556. The average Bonchev–Trinajstić information content (AvgIpc) is 3.28. The van der Waals surface area contributed by atoms with Gasteiger partial charge in [0.15, 0.2) is 0 Å². The van der Waals surface area contributed by atoms with E-state index in [2.05, 4.69) is 26.6 Å². The van der Waals surface area contributed by atoms with Crippen molar-refractivity contribution in [3.05, 3.63) is 16.6 Å². The van der Waals surface area contributed by atoms with Crippen molar-refractivity contribution < 1.29 is 9.53 Å². The minimum absolute atomic E-state index is 0.381. The number of aromatic nitrogens is 1. The van der Waals surface area contributed by atoms with Gasteiger partial charge in [-0.2, -0.15) is 5.10 Å². The second-order valence-corrected chi connectivity index (χ2v) is 8.73. The lowest BCUT2D eigenvalue weighted by Crippen LogP contribution is -2.41. The van der Waals surface area contributed by atoms with Crippen molar-refractivity contribution in [3.8, 4) is 0 Å². The summed E-state index contributed by atoms with van der Waals surface area (Å²) in [5.74, 6) is -0.0752. The number of aryl methyl sites for hydroxylation is 1. The van der Waals surface area contributed by atoms with E-state index < -0.39 is 5.91 Å². The zero-order valence-electron chi connectivity index (χ0n) is 17.3. The Kier molecular flexibility index (Phi) is 5.93. The lowest BCUT2D eigenvalue weighted by molar-refractivity contribution is 0.0126. The Labute approximate surface area is 179 Å². The number of nitrogens with one attached hydrogen (secondary N) is 1. The molecule has 0 aliphatic carbocycles. The molecule has 2 aliphatic heterocycles. The molecule has 1 saturated heterocycles. The third kappa shape index (κ3) is 4.13. The second kappa shape index (κ2) is 8.62. The number of rotatable bonds is 7. The minimum Gasteiger partial charge on any atom is -0.397 e. The van der Waals surface area contributed by atoms with E-state index in [1.165, 1.54) is 11.3 Å². The molecule has 2 aliphatic rings. The van der Waals surface area contributed by atoms with Gasteiger partial charge in [-0.05, 0) is 31.7 Å². The number of hydrazine groups is 2. The number of nitrogens with two attached hydrogens (primary N) is 2. The smallest absolute Gasteiger partial charge is 0.260 e. The highest BCUT2D eigenvalue weighted by Gasteiger charge is 2.25. The Hall–Kier alpha value is -2.63. The van der Waals surface area contributed by atoms with E-state index in [-0.39, 0.29) is 0 Å². The molecule has 11 heteroatoms. The number of primary amides is 1. The third-order valence-electron chi connectivity index (χ3n) is 5.49. The van der Waals surface area contributed by atoms with Crippen LogP contribution in [0.2, 0.25) is 0 Å². The highest BCUT2D eigenvalue weighted by atomic mass is 32.1. The molecular formula is C19H28N8O2S. The van der Waals surface area contributed by atoms with Gasteiger partial charge in [0.2, 0.25) is 0 Å². The fraction of sp³-hybridized carbons (Fsp3) is 0.526. The van der Waals surface area contributed by atoms with Crippen LogP contribution in [0.3, 0.4) is 0 Å². The molecule has 0 bridgehead atoms. The fourth-order valence-electron chi connectivity index (χ4n) is 4.00. The van der Waals surface area contributed by atoms with Crippen molar-refractivity contribution in [3.63, 3.8) is 0 Å². The highest BCUT2D eigenvalue weighted by molar-refractivity contribution is 7.21. The molecule has 2 aromatic rings. The van der Waals surface area contributed by atoms with Crippen LogP contribution in [0.1, 0.15) is 28.2 Å². The van der Waals surface area contributed by atoms with Crippen molar-refractivity contribution in [2.75, 3.05) is 50.5 Å². The second-order valence-electron chi connectivity index (χ2n) is 7.73. The number of hydrazone groups is 1. The first-order valence-corrected chi connectivity index (χ1v) is 10.9. The molecule has 30 heavy (non-hydrogen) atoms. The molecule has 1 atom stereocenters. The van der Waals surface area contributed by atoms with Crippen LogP contribution < -0.4 is 21.9 Å². The lowest BCUT2D eigenvalue weighted by Gasteiger charge is -2.35. The summed E-state index contributed by atoms with van der Waals surface area (Å²) in [5, 5.41) is 8.59. The van der Waals surface area contributed by atoms with Gasteiger partial charge in [0.25, 0.3) is 5.91 Å². The van der Waals surface area contributed by atoms with E-state index in [9.17, 15) is 4.79 Å². The van der Waals surface area contributed by atoms with Gasteiger partial charge in [-0.1, -0.05) is 0 Å². The first-order valence-electron chi connectivity index (χ1n) is 10.0. The lowest BCUT2D eigenvalue weighted by atomic mass is 9.98. The fourth-order valence-corrected chi connectivity index (χ4v) is 5.01. The number of hydrogen-bond donors (Lipinski definition) is 3. The van der Waals surface area contributed by atoms with Gasteiger partial charge < -0.3 is 21.1 Å². The summed E-state index contributed by atoms with van der Waals surface area (Å²) in [6.45, 7) is 5.86. The molecule has 162 valence electrons. The Morgan fingerprint density at radius 2 is 2.30 bits per heavy atom. The number of fused-ring (bicyclic) bond motifs is 1. The number of hydrogen-bond acceptors (Lipinski definition) is 10. The first-order chi connectivity index (χ1) is 14.4. The molecule has 1 fully saturated rings. The number of ether oxygens (including phenoxy) is 1. The van der Waals surface area contributed by atoms with Gasteiger partial charge in [0.1, 0.15) is 16.0 Å². The van der Waals surface area contributed by atoms with Crippen LogP contribution in [-0.2, 0) is 4.74 Å². The number of amides is 1. The number of carbonyl (C=O) groups excluding carboxylic acids is 1. The van der Waals surface area contributed by atoms with Crippen molar-refractivity contribution in [1.29, 1.82) is 0 Å². The van der Waals surface area contributed by atoms with Crippen LogP contribution in [0.25, 0.3) is 10.2 Å². The Balaban J connectivity index is 1.43. The van der Waals surface area contributed by atoms with Crippen molar-refractivity contribution in [2.45, 2.75) is 19.8 Å². The monoisotopic (exact) mass is 432 g/mol. The van der Waals surface area contributed by atoms with Gasteiger partial charge in [0.05, 0.1) is 36.5 Å². The molecule has 0 saturated carbocycles. The topological polar surface area (TPSA) is 125 Å². The van der Waals surface area contributed by atoms with Crippen LogP contribution in [0.15, 0.2) is 11.2 Å². The number of pyridine rings is 1. The van der Waals surface area contributed by atoms with E-state index in [0.717, 1.165) is 54.1 Å². The van der Waals surface area contributed by atoms with E-state index in [1.54, 1.807) is 6.34 Å². The molecule has 0 spiro atoms. The Morgan fingerprint density at radius 3 is 3.03 bits per heavy atom. The van der Waals surface area contributed by atoms with Crippen LogP contribution in [0.4, 0.5) is 11.4 Å². The maximum absolute atomic E-state index is 11.8. The SMILES string of the molecule is Cc1cc(N2CCC[C@H](COCCN3C=NNN3C)C2)c2c(N)c(C(N)=O)sc2n1. The summed E-state index contributed by atoms with van der Waals surface area (Å²) >= 11 is 1.27. The van der Waals surface area contributed by atoms with Gasteiger partial charge in [-0.25, -0.2) is 10.5 Å². The van der Waals surface area contributed by atoms with Crippen LogP contribution in [0, 0.1) is 12.8 Å². The molecule has 5 N–H and O–H groups in total. The molecule has 10 nitrogen and oxygen atoms in total. The molecule has 0 unspecified atom stereocenters.